The van der Waals surface area contributed by atoms with Gasteiger partial charge >= 0.3 is 0 Å². The lowest BCUT2D eigenvalue weighted by molar-refractivity contribution is -0.00518. The molecule has 4 fully saturated rings. The molecule has 4 bridgehead atoms. The van der Waals surface area contributed by atoms with Gasteiger partial charge in [-0.1, -0.05) is 133 Å². The number of para-hydroxylation sites is 3. The SMILES string of the molecule is c1ccc(-c2ccc(-c3cccc4oc5c(-c6cc(-c7cccc8c7oc7ccccc78)nc(-c7ccc(C89CC%10CC(CC(C%10)C8)C9)cc7)n6)cccc5c34)cc2)cc1. The highest BCUT2D eigenvalue weighted by atomic mass is 16.3. The second kappa shape index (κ2) is 13.1. The number of furan rings is 2. The van der Waals surface area contributed by atoms with E-state index in [4.69, 9.17) is 18.8 Å². The molecular formula is C56H42N2O2. The summed E-state index contributed by atoms with van der Waals surface area (Å²) in [6.07, 6.45) is 8.37. The molecule has 14 rings (SSSR count). The van der Waals surface area contributed by atoms with Gasteiger partial charge in [-0.3, -0.25) is 0 Å². The second-order valence-electron chi connectivity index (χ2n) is 17.9. The van der Waals surface area contributed by atoms with Crippen LogP contribution in [0.2, 0.25) is 0 Å². The first-order chi connectivity index (χ1) is 29.6. The van der Waals surface area contributed by atoms with Gasteiger partial charge < -0.3 is 8.83 Å². The van der Waals surface area contributed by atoms with Crippen LogP contribution >= 0.6 is 0 Å². The summed E-state index contributed by atoms with van der Waals surface area (Å²) < 4.78 is 13.4. The Bertz CT molecular complexity index is 3250. The van der Waals surface area contributed by atoms with Crippen LogP contribution in [-0.2, 0) is 5.41 Å². The zero-order chi connectivity index (χ0) is 39.4. The first-order valence-electron chi connectivity index (χ1n) is 21.6. The van der Waals surface area contributed by atoms with E-state index in [0.717, 1.165) is 101 Å². The fourth-order valence-electron chi connectivity index (χ4n) is 12.0. The summed E-state index contributed by atoms with van der Waals surface area (Å²) in [4.78, 5) is 10.7. The average Bonchev–Trinajstić information content (AvgIpc) is 3.88. The molecule has 4 aliphatic rings. The highest BCUT2D eigenvalue weighted by molar-refractivity contribution is 6.15. The van der Waals surface area contributed by atoms with Gasteiger partial charge in [0.15, 0.2) is 5.82 Å². The fourth-order valence-corrected chi connectivity index (χ4v) is 12.0. The molecule has 0 saturated heterocycles. The van der Waals surface area contributed by atoms with Crippen molar-refractivity contribution >= 4 is 43.9 Å². The summed E-state index contributed by atoms with van der Waals surface area (Å²) >= 11 is 0. The van der Waals surface area contributed by atoms with Gasteiger partial charge in [0.1, 0.15) is 22.3 Å². The molecule has 3 heterocycles. The van der Waals surface area contributed by atoms with Gasteiger partial charge in [0.25, 0.3) is 0 Å². The smallest absolute Gasteiger partial charge is 0.160 e. The predicted molar refractivity (Wildman–Crippen MR) is 244 cm³/mol. The predicted octanol–water partition coefficient (Wildman–Crippen LogP) is 15.1. The lowest BCUT2D eigenvalue weighted by atomic mass is 9.48. The Morgan fingerprint density at radius 1 is 0.417 bits per heavy atom. The van der Waals surface area contributed by atoms with Gasteiger partial charge in [0.2, 0.25) is 0 Å². The third-order valence-electron chi connectivity index (χ3n) is 14.3. The van der Waals surface area contributed by atoms with Gasteiger partial charge in [-0.25, -0.2) is 9.97 Å². The molecule has 0 N–H and O–H groups in total. The monoisotopic (exact) mass is 774 g/mol. The maximum Gasteiger partial charge on any atom is 0.160 e. The molecule has 60 heavy (non-hydrogen) atoms. The number of hydrogen-bond acceptors (Lipinski definition) is 4. The van der Waals surface area contributed by atoms with E-state index in [9.17, 15) is 0 Å². The first-order valence-corrected chi connectivity index (χ1v) is 21.6. The molecule has 4 aliphatic carbocycles. The summed E-state index contributed by atoms with van der Waals surface area (Å²) in [6, 6.07) is 58.2. The van der Waals surface area contributed by atoms with Crippen molar-refractivity contribution in [1.29, 1.82) is 0 Å². The third kappa shape index (κ3) is 5.36. The van der Waals surface area contributed by atoms with Gasteiger partial charge in [-0.15, -0.1) is 0 Å². The molecule has 0 atom stereocenters. The molecule has 4 saturated carbocycles. The van der Waals surface area contributed by atoms with Crippen molar-refractivity contribution in [3.8, 4) is 56.2 Å². The van der Waals surface area contributed by atoms with Crippen LogP contribution in [0.5, 0.6) is 0 Å². The minimum atomic E-state index is 0.331. The Morgan fingerprint density at radius 2 is 0.933 bits per heavy atom. The topological polar surface area (TPSA) is 52.1 Å². The largest absolute Gasteiger partial charge is 0.455 e. The Hall–Kier alpha value is -6.78. The molecular weight excluding hydrogens is 733 g/mol. The van der Waals surface area contributed by atoms with E-state index in [1.807, 2.05) is 12.1 Å². The molecule has 0 radical (unpaired) electrons. The molecule has 0 aliphatic heterocycles. The summed E-state index contributed by atoms with van der Waals surface area (Å²) in [5, 5.41) is 4.34. The maximum atomic E-state index is 6.85. The van der Waals surface area contributed by atoms with Crippen LogP contribution in [0.1, 0.15) is 44.1 Å². The Morgan fingerprint density at radius 3 is 1.65 bits per heavy atom. The van der Waals surface area contributed by atoms with Gasteiger partial charge in [-0.2, -0.15) is 0 Å². The summed E-state index contributed by atoms with van der Waals surface area (Å²) in [7, 11) is 0. The van der Waals surface area contributed by atoms with Gasteiger partial charge in [0, 0.05) is 38.2 Å². The molecule has 7 aromatic carbocycles. The van der Waals surface area contributed by atoms with Crippen molar-refractivity contribution in [2.24, 2.45) is 17.8 Å². The number of aromatic nitrogens is 2. The lowest BCUT2D eigenvalue weighted by Crippen LogP contribution is -2.48. The molecule has 10 aromatic rings. The van der Waals surface area contributed by atoms with Crippen molar-refractivity contribution in [3.05, 3.63) is 169 Å². The van der Waals surface area contributed by atoms with Gasteiger partial charge in [0.05, 0.1) is 11.4 Å². The van der Waals surface area contributed by atoms with Crippen molar-refractivity contribution in [3.63, 3.8) is 0 Å². The van der Waals surface area contributed by atoms with Crippen LogP contribution in [0.4, 0.5) is 0 Å². The molecule has 4 heteroatoms. The highest BCUT2D eigenvalue weighted by Gasteiger charge is 2.51. The molecule has 288 valence electrons. The molecule has 4 nitrogen and oxygen atoms in total. The minimum absolute atomic E-state index is 0.331. The van der Waals surface area contributed by atoms with E-state index in [1.54, 1.807) is 0 Å². The van der Waals surface area contributed by atoms with E-state index < -0.39 is 0 Å². The zero-order valence-electron chi connectivity index (χ0n) is 33.3. The van der Waals surface area contributed by atoms with E-state index in [1.165, 1.54) is 55.2 Å². The lowest BCUT2D eigenvalue weighted by Gasteiger charge is -2.57. The van der Waals surface area contributed by atoms with Crippen LogP contribution in [-0.4, -0.2) is 9.97 Å². The van der Waals surface area contributed by atoms with E-state index in [0.29, 0.717) is 11.2 Å². The van der Waals surface area contributed by atoms with Crippen molar-refractivity contribution in [2.75, 3.05) is 0 Å². The number of fused-ring (bicyclic) bond motifs is 6. The van der Waals surface area contributed by atoms with Crippen LogP contribution < -0.4 is 0 Å². The Labute approximate surface area is 348 Å². The highest BCUT2D eigenvalue weighted by Crippen LogP contribution is 2.60. The van der Waals surface area contributed by atoms with Crippen LogP contribution in [0.25, 0.3) is 100 Å². The Kier molecular flexibility index (Phi) is 7.46. The number of benzene rings is 7. The van der Waals surface area contributed by atoms with Crippen molar-refractivity contribution < 1.29 is 8.83 Å². The normalized spacial score (nSPS) is 20.8. The van der Waals surface area contributed by atoms with Crippen LogP contribution in [0.15, 0.2) is 173 Å². The minimum Gasteiger partial charge on any atom is -0.455 e. The van der Waals surface area contributed by atoms with Gasteiger partial charge in [-0.05, 0) is 120 Å². The molecule has 3 aromatic heterocycles. The summed E-state index contributed by atoms with van der Waals surface area (Å²) in [6.45, 7) is 0. The molecule has 0 amide bonds. The molecule has 0 spiro atoms. The second-order valence-corrected chi connectivity index (χ2v) is 17.9. The van der Waals surface area contributed by atoms with Crippen molar-refractivity contribution in [1.82, 2.24) is 9.97 Å². The number of nitrogens with zero attached hydrogens (tertiary/aromatic N) is 2. The summed E-state index contributed by atoms with van der Waals surface area (Å²) in [5.41, 5.74) is 14.4. The van der Waals surface area contributed by atoms with Crippen molar-refractivity contribution in [2.45, 2.75) is 43.9 Å². The Balaban J connectivity index is 0.964. The maximum absolute atomic E-state index is 6.85. The number of hydrogen-bond donors (Lipinski definition) is 0. The quantitative estimate of drug-likeness (QED) is 0.169. The van der Waals surface area contributed by atoms with E-state index in [-0.39, 0.29) is 0 Å². The van der Waals surface area contributed by atoms with Crippen LogP contribution in [0, 0.1) is 17.8 Å². The summed E-state index contributed by atoms with van der Waals surface area (Å²) in [5.74, 6) is 3.39. The fraction of sp³-hybridized carbons (Fsp3) is 0.179. The van der Waals surface area contributed by atoms with E-state index in [2.05, 4.69) is 152 Å². The van der Waals surface area contributed by atoms with E-state index >= 15 is 0 Å². The zero-order valence-corrected chi connectivity index (χ0v) is 33.3. The molecule has 0 unspecified atom stereocenters. The number of rotatable bonds is 6. The first kappa shape index (κ1) is 34.1. The third-order valence-corrected chi connectivity index (χ3v) is 14.3. The van der Waals surface area contributed by atoms with Crippen LogP contribution in [0.3, 0.4) is 0 Å². The standard InChI is InChI=1S/C56H42N2O2/c1-2-9-37(10-3-1)38-19-21-39(22-20-38)42-12-8-18-51-52(42)47-16-7-15-46(54(47)60-51)49-30-48(45-14-6-13-44-43-11-4-5-17-50(43)59-53(44)45)57-55(58-49)40-23-25-41(26-24-40)56-31-34-27-35(32-56)29-36(28-34)33-56/h1-26,30,34-36H,27-29,31-33H2. The average molecular weight is 775 g/mol.